The lowest BCUT2D eigenvalue weighted by atomic mass is 10.2. The van der Waals surface area contributed by atoms with Gasteiger partial charge in [-0.3, -0.25) is 14.5 Å². The Balaban J connectivity index is 1.69. The summed E-state index contributed by atoms with van der Waals surface area (Å²) in [6.07, 6.45) is 1.74. The van der Waals surface area contributed by atoms with Crippen LogP contribution in [0, 0.1) is 3.57 Å². The Hall–Kier alpha value is -1.51. The highest BCUT2D eigenvalue weighted by molar-refractivity contribution is 14.1. The lowest BCUT2D eigenvalue weighted by Gasteiger charge is -2.14. The molecule has 1 aliphatic heterocycles. The summed E-state index contributed by atoms with van der Waals surface area (Å²) in [7, 11) is 0. The van der Waals surface area contributed by atoms with Crippen molar-refractivity contribution < 1.29 is 9.59 Å². The second-order valence-corrected chi connectivity index (χ2v) is 7.68. The number of imide groups is 1. The minimum absolute atomic E-state index is 0.121. The zero-order chi connectivity index (χ0) is 17.1. The van der Waals surface area contributed by atoms with E-state index in [9.17, 15) is 9.59 Å². The van der Waals surface area contributed by atoms with E-state index in [4.69, 9.17) is 11.6 Å². The van der Waals surface area contributed by atoms with Gasteiger partial charge in [-0.2, -0.15) is 0 Å². The molecule has 0 bridgehead atoms. The molecule has 122 valence electrons. The van der Waals surface area contributed by atoms with Crippen molar-refractivity contribution in [2.75, 3.05) is 12.0 Å². The Morgan fingerprint density at radius 3 is 2.42 bits per heavy atom. The first-order valence-corrected chi connectivity index (χ1v) is 9.30. The van der Waals surface area contributed by atoms with E-state index in [0.29, 0.717) is 9.93 Å². The van der Waals surface area contributed by atoms with Crippen molar-refractivity contribution in [1.82, 2.24) is 4.90 Å². The third-order valence-electron chi connectivity index (χ3n) is 3.33. The summed E-state index contributed by atoms with van der Waals surface area (Å²) in [6, 6.07) is 14.8. The molecule has 0 unspecified atom stereocenters. The number of rotatable bonds is 4. The maximum Gasteiger partial charge on any atom is 0.295 e. The van der Waals surface area contributed by atoms with Gasteiger partial charge in [-0.15, -0.1) is 0 Å². The van der Waals surface area contributed by atoms with E-state index in [0.717, 1.165) is 26.6 Å². The van der Waals surface area contributed by atoms with Gasteiger partial charge in [-0.1, -0.05) is 23.7 Å². The molecule has 1 N–H and O–H groups in total. The molecule has 0 aliphatic carbocycles. The number of halogens is 2. The monoisotopic (exact) mass is 470 g/mol. The summed E-state index contributed by atoms with van der Waals surface area (Å²) in [6.45, 7) is 0.121. The standard InChI is InChI=1S/C17H12ClIN2O2S/c18-12-3-7-14(8-4-12)20-10-21-16(22)15(24-17(21)23)9-11-1-5-13(19)6-2-11/h1-9,20H,10H2. The van der Waals surface area contributed by atoms with Gasteiger partial charge in [0.05, 0.1) is 11.6 Å². The Morgan fingerprint density at radius 2 is 1.75 bits per heavy atom. The molecule has 1 aliphatic rings. The van der Waals surface area contributed by atoms with E-state index in [2.05, 4.69) is 27.9 Å². The normalized spacial score (nSPS) is 16.1. The molecular weight excluding hydrogens is 459 g/mol. The fourth-order valence-electron chi connectivity index (χ4n) is 2.08. The van der Waals surface area contributed by atoms with Crippen LogP contribution in [0.5, 0.6) is 0 Å². The predicted octanol–water partition coefficient (Wildman–Crippen LogP) is 5.05. The van der Waals surface area contributed by atoms with E-state index in [1.54, 1.807) is 30.3 Å². The number of carbonyl (C=O) groups is 2. The molecule has 0 atom stereocenters. The number of amides is 2. The minimum Gasteiger partial charge on any atom is -0.367 e. The third kappa shape index (κ3) is 4.12. The topological polar surface area (TPSA) is 49.4 Å². The van der Waals surface area contributed by atoms with Crippen LogP contribution in [0.15, 0.2) is 53.4 Å². The molecule has 0 radical (unpaired) electrons. The molecule has 1 fully saturated rings. The van der Waals surface area contributed by atoms with Crippen molar-refractivity contribution in [1.29, 1.82) is 0 Å². The smallest absolute Gasteiger partial charge is 0.295 e. The Kier molecular flexibility index (Phi) is 5.47. The van der Waals surface area contributed by atoms with E-state index < -0.39 is 0 Å². The summed E-state index contributed by atoms with van der Waals surface area (Å²) in [5.74, 6) is -0.287. The van der Waals surface area contributed by atoms with Crippen LogP contribution in [0.4, 0.5) is 10.5 Å². The lowest BCUT2D eigenvalue weighted by molar-refractivity contribution is -0.122. The molecular formula is C17H12ClIN2O2S. The quantitative estimate of drug-likeness (QED) is 0.502. The number of nitrogens with zero attached hydrogens (tertiary/aromatic N) is 1. The highest BCUT2D eigenvalue weighted by Crippen LogP contribution is 2.32. The van der Waals surface area contributed by atoms with Gasteiger partial charge in [0.1, 0.15) is 0 Å². The van der Waals surface area contributed by atoms with Crippen molar-refractivity contribution in [3.05, 3.63) is 67.6 Å². The van der Waals surface area contributed by atoms with E-state index in [1.165, 1.54) is 4.90 Å². The van der Waals surface area contributed by atoms with Crippen LogP contribution in [0.25, 0.3) is 6.08 Å². The zero-order valence-corrected chi connectivity index (χ0v) is 16.1. The maximum absolute atomic E-state index is 12.4. The van der Waals surface area contributed by atoms with E-state index in [1.807, 2.05) is 24.3 Å². The number of carbonyl (C=O) groups excluding carboxylic acids is 2. The molecule has 2 aromatic rings. The van der Waals surface area contributed by atoms with Gasteiger partial charge in [0.2, 0.25) is 0 Å². The molecule has 2 aromatic carbocycles. The van der Waals surface area contributed by atoms with Crippen LogP contribution >= 0.6 is 46.0 Å². The van der Waals surface area contributed by atoms with Crippen LogP contribution in [0.3, 0.4) is 0 Å². The van der Waals surface area contributed by atoms with Crippen LogP contribution in [-0.4, -0.2) is 22.7 Å². The number of nitrogens with one attached hydrogen (secondary N) is 1. The van der Waals surface area contributed by atoms with Crippen LogP contribution < -0.4 is 5.32 Å². The average Bonchev–Trinajstić information content (AvgIpc) is 2.83. The van der Waals surface area contributed by atoms with Crippen LogP contribution in [0.1, 0.15) is 5.56 Å². The number of hydrogen-bond acceptors (Lipinski definition) is 4. The summed E-state index contributed by atoms with van der Waals surface area (Å²) in [4.78, 5) is 26.1. The van der Waals surface area contributed by atoms with Crippen molar-refractivity contribution in [2.24, 2.45) is 0 Å². The van der Waals surface area contributed by atoms with Gasteiger partial charge >= 0.3 is 0 Å². The fraction of sp³-hybridized carbons (Fsp3) is 0.0588. The van der Waals surface area contributed by atoms with E-state index >= 15 is 0 Å². The zero-order valence-electron chi connectivity index (χ0n) is 12.3. The molecule has 24 heavy (non-hydrogen) atoms. The van der Waals surface area contributed by atoms with Gasteiger partial charge in [0, 0.05) is 14.3 Å². The first-order chi connectivity index (χ1) is 11.5. The fourth-order valence-corrected chi connectivity index (χ4v) is 3.41. The number of anilines is 1. The van der Waals surface area contributed by atoms with Gasteiger partial charge in [0.15, 0.2) is 0 Å². The van der Waals surface area contributed by atoms with Gasteiger partial charge in [-0.25, -0.2) is 0 Å². The van der Waals surface area contributed by atoms with Gasteiger partial charge < -0.3 is 5.32 Å². The first kappa shape index (κ1) is 17.3. The molecule has 0 spiro atoms. The minimum atomic E-state index is -0.287. The van der Waals surface area contributed by atoms with Crippen LogP contribution in [-0.2, 0) is 4.79 Å². The highest BCUT2D eigenvalue weighted by Gasteiger charge is 2.34. The predicted molar refractivity (Wildman–Crippen MR) is 107 cm³/mol. The SMILES string of the molecule is O=C1SC(=Cc2ccc(I)cc2)C(=O)N1CNc1ccc(Cl)cc1. The highest BCUT2D eigenvalue weighted by atomic mass is 127. The Morgan fingerprint density at radius 1 is 1.08 bits per heavy atom. The van der Waals surface area contributed by atoms with Crippen molar-refractivity contribution >= 4 is 68.9 Å². The Labute approximate surface area is 162 Å². The maximum atomic E-state index is 12.4. The van der Waals surface area contributed by atoms with Crippen molar-refractivity contribution in [3.63, 3.8) is 0 Å². The number of benzene rings is 2. The molecule has 0 aromatic heterocycles. The molecule has 3 rings (SSSR count). The lowest BCUT2D eigenvalue weighted by Crippen LogP contribution is -2.33. The summed E-state index contributed by atoms with van der Waals surface area (Å²) < 4.78 is 1.12. The van der Waals surface area contributed by atoms with Crippen LogP contribution in [0.2, 0.25) is 5.02 Å². The second kappa shape index (κ2) is 7.58. The number of thioether (sulfide) groups is 1. The first-order valence-electron chi connectivity index (χ1n) is 7.03. The molecule has 1 heterocycles. The summed E-state index contributed by atoms with van der Waals surface area (Å²) >= 11 is 9.01. The van der Waals surface area contributed by atoms with E-state index in [-0.39, 0.29) is 17.8 Å². The summed E-state index contributed by atoms with van der Waals surface area (Å²) in [5, 5.41) is 3.40. The molecule has 4 nitrogen and oxygen atoms in total. The van der Waals surface area contributed by atoms with Gasteiger partial charge in [-0.05, 0) is 82.4 Å². The molecule has 2 amide bonds. The van der Waals surface area contributed by atoms with Crippen molar-refractivity contribution in [3.8, 4) is 0 Å². The third-order valence-corrected chi connectivity index (χ3v) is 5.21. The van der Waals surface area contributed by atoms with Gasteiger partial charge in [0.25, 0.3) is 11.1 Å². The Bertz CT molecular complexity index is 806. The second-order valence-electron chi connectivity index (χ2n) is 5.00. The number of hydrogen-bond donors (Lipinski definition) is 1. The van der Waals surface area contributed by atoms with Crippen molar-refractivity contribution in [2.45, 2.75) is 0 Å². The molecule has 7 heteroatoms. The molecule has 1 saturated heterocycles. The molecule has 0 saturated carbocycles. The average molecular weight is 471 g/mol. The largest absolute Gasteiger partial charge is 0.367 e. The summed E-state index contributed by atoms with van der Waals surface area (Å²) in [5.41, 5.74) is 1.69.